The van der Waals surface area contributed by atoms with Gasteiger partial charge in [0, 0.05) is 5.56 Å². The predicted molar refractivity (Wildman–Crippen MR) is 49.9 cm³/mol. The molecule has 0 atom stereocenters. The molecule has 0 saturated carbocycles. The maximum atomic E-state index is 11.9. The third-order valence-corrected chi connectivity index (χ3v) is 3.40. The monoisotopic (exact) mass is 216 g/mol. The number of halogens is 1. The van der Waals surface area contributed by atoms with Crippen molar-refractivity contribution in [2.75, 3.05) is 12.4 Å². The van der Waals surface area contributed by atoms with Crippen LogP contribution in [0.1, 0.15) is 10.4 Å². The second-order valence-corrected chi connectivity index (χ2v) is 4.80. The smallest absolute Gasteiger partial charge is 0.180 e. The van der Waals surface area contributed by atoms with Crippen LogP contribution in [0.4, 0.5) is 4.39 Å². The highest BCUT2D eigenvalue weighted by molar-refractivity contribution is 7.91. The third-order valence-electron chi connectivity index (χ3n) is 1.72. The van der Waals surface area contributed by atoms with Crippen LogP contribution in [0, 0.1) is 0 Å². The topological polar surface area (TPSA) is 51.2 Å². The molecule has 0 fully saturated rings. The number of carbonyl (C=O) groups is 1. The van der Waals surface area contributed by atoms with Gasteiger partial charge >= 0.3 is 0 Å². The normalized spacial score (nSPS) is 11.2. The van der Waals surface area contributed by atoms with E-state index in [1.807, 2.05) is 0 Å². The van der Waals surface area contributed by atoms with Gasteiger partial charge in [0.2, 0.25) is 0 Å². The fourth-order valence-electron chi connectivity index (χ4n) is 0.973. The minimum absolute atomic E-state index is 0.0424. The molecule has 0 N–H and O–H groups in total. The van der Waals surface area contributed by atoms with E-state index < -0.39 is 22.3 Å². The van der Waals surface area contributed by atoms with Crippen LogP contribution in [0.2, 0.25) is 0 Å². The Bertz CT molecular complexity index is 408. The molecular formula is C9H9FO3S. The number of aldehydes is 1. The summed E-state index contributed by atoms with van der Waals surface area (Å²) < 4.78 is 34.5. The Morgan fingerprint density at radius 1 is 1.21 bits per heavy atom. The van der Waals surface area contributed by atoms with Gasteiger partial charge < -0.3 is 0 Å². The molecule has 0 heterocycles. The molecule has 0 aliphatic carbocycles. The minimum Gasteiger partial charge on any atom is -0.298 e. The summed E-state index contributed by atoms with van der Waals surface area (Å²) in [7, 11) is -3.53. The number of hydrogen-bond donors (Lipinski definition) is 0. The van der Waals surface area contributed by atoms with Crippen LogP contribution in [0.5, 0.6) is 0 Å². The second-order valence-electron chi connectivity index (χ2n) is 2.69. The predicted octanol–water partition coefficient (Wildman–Crippen LogP) is 1.24. The standard InChI is InChI=1S/C9H9FO3S/c10-5-6-14(12,13)9-3-1-8(7-11)2-4-9/h1-4,7H,5-6H2. The summed E-state index contributed by atoms with van der Waals surface area (Å²) >= 11 is 0. The minimum atomic E-state index is -3.53. The van der Waals surface area contributed by atoms with E-state index in [2.05, 4.69) is 0 Å². The Kier molecular flexibility index (Phi) is 3.35. The summed E-state index contributed by atoms with van der Waals surface area (Å²) in [5.41, 5.74) is 0.393. The number of carbonyl (C=O) groups excluding carboxylic acids is 1. The van der Waals surface area contributed by atoms with Crippen LogP contribution >= 0.6 is 0 Å². The highest BCUT2D eigenvalue weighted by atomic mass is 32.2. The molecule has 76 valence electrons. The van der Waals surface area contributed by atoms with Gasteiger partial charge in [0.05, 0.1) is 10.6 Å². The van der Waals surface area contributed by atoms with E-state index in [0.717, 1.165) is 0 Å². The van der Waals surface area contributed by atoms with E-state index in [0.29, 0.717) is 11.8 Å². The summed E-state index contributed by atoms with van der Waals surface area (Å²) in [6, 6.07) is 5.37. The van der Waals surface area contributed by atoms with Crippen molar-refractivity contribution in [2.24, 2.45) is 0 Å². The van der Waals surface area contributed by atoms with E-state index in [-0.39, 0.29) is 4.90 Å². The largest absolute Gasteiger partial charge is 0.298 e. The number of rotatable bonds is 4. The van der Waals surface area contributed by atoms with Gasteiger partial charge in [0.25, 0.3) is 0 Å². The first-order valence-electron chi connectivity index (χ1n) is 3.94. The van der Waals surface area contributed by atoms with E-state index in [1.165, 1.54) is 24.3 Å². The first kappa shape index (κ1) is 10.8. The van der Waals surface area contributed by atoms with Crippen LogP contribution in [-0.4, -0.2) is 27.1 Å². The zero-order valence-corrected chi connectivity index (χ0v) is 8.13. The summed E-state index contributed by atoms with van der Waals surface area (Å²) in [6.45, 7) is -0.905. The van der Waals surface area contributed by atoms with Crippen molar-refractivity contribution in [1.82, 2.24) is 0 Å². The van der Waals surface area contributed by atoms with Crippen LogP contribution in [0.25, 0.3) is 0 Å². The van der Waals surface area contributed by atoms with Gasteiger partial charge in [-0.3, -0.25) is 4.79 Å². The van der Waals surface area contributed by atoms with Gasteiger partial charge in [-0.25, -0.2) is 12.8 Å². The van der Waals surface area contributed by atoms with Crippen LogP contribution in [0.3, 0.4) is 0 Å². The summed E-state index contributed by atoms with van der Waals surface area (Å²) in [4.78, 5) is 10.3. The molecule has 5 heteroatoms. The zero-order valence-electron chi connectivity index (χ0n) is 7.31. The first-order chi connectivity index (χ1) is 6.60. The molecule has 0 saturated heterocycles. The van der Waals surface area contributed by atoms with Crippen LogP contribution in [0.15, 0.2) is 29.2 Å². The number of benzene rings is 1. The van der Waals surface area contributed by atoms with E-state index in [9.17, 15) is 17.6 Å². The molecule has 0 amide bonds. The van der Waals surface area contributed by atoms with Crippen molar-refractivity contribution in [3.05, 3.63) is 29.8 Å². The van der Waals surface area contributed by atoms with E-state index >= 15 is 0 Å². The molecule has 0 aliphatic heterocycles. The molecule has 0 radical (unpaired) electrons. The summed E-state index contributed by atoms with van der Waals surface area (Å²) in [6.07, 6.45) is 0.617. The van der Waals surface area contributed by atoms with Gasteiger partial charge in [-0.15, -0.1) is 0 Å². The molecule has 0 spiro atoms. The van der Waals surface area contributed by atoms with Crippen LogP contribution in [-0.2, 0) is 9.84 Å². The van der Waals surface area contributed by atoms with Crippen molar-refractivity contribution >= 4 is 16.1 Å². The van der Waals surface area contributed by atoms with E-state index in [1.54, 1.807) is 0 Å². The Labute approximate surface area is 81.5 Å². The fraction of sp³-hybridized carbons (Fsp3) is 0.222. The fourth-order valence-corrected chi connectivity index (χ4v) is 1.96. The number of hydrogen-bond acceptors (Lipinski definition) is 3. The van der Waals surface area contributed by atoms with Gasteiger partial charge in [-0.2, -0.15) is 0 Å². The Hall–Kier alpha value is -1.23. The zero-order chi connectivity index (χ0) is 10.6. The molecular weight excluding hydrogens is 207 g/mol. The molecule has 1 aromatic rings. The first-order valence-corrected chi connectivity index (χ1v) is 5.59. The second kappa shape index (κ2) is 4.32. The lowest BCUT2D eigenvalue weighted by Crippen LogP contribution is -2.08. The van der Waals surface area contributed by atoms with Gasteiger partial charge in [-0.05, 0) is 12.1 Å². The van der Waals surface area contributed by atoms with Crippen molar-refractivity contribution < 1.29 is 17.6 Å². The molecule has 0 unspecified atom stereocenters. The van der Waals surface area contributed by atoms with Crippen molar-refractivity contribution in [3.8, 4) is 0 Å². The molecule has 1 aromatic carbocycles. The highest BCUT2D eigenvalue weighted by Gasteiger charge is 2.13. The molecule has 3 nitrogen and oxygen atoms in total. The lowest BCUT2D eigenvalue weighted by atomic mass is 10.2. The van der Waals surface area contributed by atoms with Gasteiger partial charge in [0.15, 0.2) is 9.84 Å². The van der Waals surface area contributed by atoms with Gasteiger partial charge in [-0.1, -0.05) is 12.1 Å². The SMILES string of the molecule is O=Cc1ccc(S(=O)(=O)CCF)cc1. The molecule has 0 aliphatic rings. The lowest BCUT2D eigenvalue weighted by molar-refractivity contribution is 0.112. The number of sulfone groups is 1. The van der Waals surface area contributed by atoms with Crippen molar-refractivity contribution in [2.45, 2.75) is 4.90 Å². The lowest BCUT2D eigenvalue weighted by Gasteiger charge is -2.00. The Balaban J connectivity index is 3.03. The maximum Gasteiger partial charge on any atom is 0.180 e. The van der Waals surface area contributed by atoms with Gasteiger partial charge in [0.1, 0.15) is 13.0 Å². The Morgan fingerprint density at radius 2 is 1.79 bits per heavy atom. The Morgan fingerprint density at radius 3 is 2.21 bits per heavy atom. The average molecular weight is 216 g/mol. The summed E-state index contributed by atoms with van der Waals surface area (Å²) in [5.74, 6) is -0.520. The molecule has 0 aromatic heterocycles. The quantitative estimate of drug-likeness (QED) is 0.711. The average Bonchev–Trinajstić information content (AvgIpc) is 2.18. The van der Waals surface area contributed by atoms with E-state index in [4.69, 9.17) is 0 Å². The number of alkyl halides is 1. The van der Waals surface area contributed by atoms with Crippen molar-refractivity contribution in [1.29, 1.82) is 0 Å². The van der Waals surface area contributed by atoms with Crippen molar-refractivity contribution in [3.63, 3.8) is 0 Å². The third kappa shape index (κ3) is 2.38. The van der Waals surface area contributed by atoms with Crippen LogP contribution < -0.4 is 0 Å². The molecule has 0 bridgehead atoms. The molecule has 14 heavy (non-hydrogen) atoms. The highest BCUT2D eigenvalue weighted by Crippen LogP contribution is 2.11. The molecule has 1 rings (SSSR count). The maximum absolute atomic E-state index is 11.9. The summed E-state index contributed by atoms with van der Waals surface area (Å²) in [5, 5.41) is 0.